The predicted octanol–water partition coefficient (Wildman–Crippen LogP) is 4.10. The first-order valence-electron chi connectivity index (χ1n) is 10.3. The van der Waals surface area contributed by atoms with E-state index in [0.29, 0.717) is 6.42 Å². The molecule has 5 nitrogen and oxygen atoms in total. The smallest absolute Gasteiger partial charge is 0.220 e. The molecular formula is C23H30N2O3. The monoisotopic (exact) mass is 382 g/mol. The Morgan fingerprint density at radius 3 is 2.71 bits per heavy atom. The van der Waals surface area contributed by atoms with Crippen molar-refractivity contribution >= 4 is 5.91 Å². The number of para-hydroxylation sites is 1. The lowest BCUT2D eigenvalue weighted by atomic mass is 9.76. The number of likely N-dealkylation sites (tertiary alicyclic amines) is 1. The van der Waals surface area contributed by atoms with E-state index in [1.165, 1.54) is 5.56 Å². The molecule has 1 atom stereocenters. The molecule has 0 saturated carbocycles. The van der Waals surface area contributed by atoms with Crippen LogP contribution in [0.2, 0.25) is 0 Å². The molecule has 1 aromatic heterocycles. The number of nitrogens with zero attached hydrogens (tertiary/aromatic N) is 1. The van der Waals surface area contributed by atoms with Crippen molar-refractivity contribution in [3.05, 3.63) is 54.0 Å². The summed E-state index contributed by atoms with van der Waals surface area (Å²) in [6, 6.07) is 12.4. The van der Waals surface area contributed by atoms with Crippen molar-refractivity contribution in [1.82, 2.24) is 10.2 Å². The third kappa shape index (κ3) is 4.25. The zero-order valence-electron chi connectivity index (χ0n) is 16.8. The van der Waals surface area contributed by atoms with Crippen LogP contribution < -0.4 is 10.1 Å². The Bertz CT molecular complexity index is 792. The van der Waals surface area contributed by atoms with Gasteiger partial charge in [0.2, 0.25) is 5.91 Å². The highest BCUT2D eigenvalue weighted by Gasteiger charge is 2.43. The van der Waals surface area contributed by atoms with Crippen LogP contribution in [0.1, 0.15) is 56.8 Å². The molecule has 2 aromatic rings. The number of benzene rings is 1. The molecule has 28 heavy (non-hydrogen) atoms. The molecule has 0 radical (unpaired) electrons. The molecule has 2 aliphatic rings. The van der Waals surface area contributed by atoms with E-state index in [9.17, 15) is 4.79 Å². The summed E-state index contributed by atoms with van der Waals surface area (Å²) in [5, 5.41) is 3.05. The highest BCUT2D eigenvalue weighted by molar-refractivity contribution is 5.77. The van der Waals surface area contributed by atoms with Crippen LogP contribution in [0.5, 0.6) is 5.75 Å². The van der Waals surface area contributed by atoms with Crippen molar-refractivity contribution in [2.75, 3.05) is 13.1 Å². The van der Waals surface area contributed by atoms with Crippen LogP contribution in [0.15, 0.2) is 47.1 Å². The van der Waals surface area contributed by atoms with E-state index in [1.807, 2.05) is 38.1 Å². The largest absolute Gasteiger partial charge is 0.487 e. The molecule has 1 aromatic carbocycles. The molecule has 1 fully saturated rings. The molecule has 5 heteroatoms. The zero-order chi connectivity index (χ0) is 19.6. The molecule has 1 N–H and O–H groups in total. The van der Waals surface area contributed by atoms with Gasteiger partial charge in [-0.2, -0.15) is 0 Å². The van der Waals surface area contributed by atoms with Gasteiger partial charge >= 0.3 is 0 Å². The molecular weight excluding hydrogens is 352 g/mol. The van der Waals surface area contributed by atoms with E-state index in [-0.39, 0.29) is 23.5 Å². The number of nitrogens with one attached hydrogen (secondary N) is 1. The maximum atomic E-state index is 12.5. The fourth-order valence-electron chi connectivity index (χ4n) is 4.58. The Hall–Kier alpha value is -2.27. The fraction of sp³-hybridized carbons (Fsp3) is 0.522. The molecule has 1 spiro atoms. The van der Waals surface area contributed by atoms with Gasteiger partial charge in [-0.05, 0) is 56.9 Å². The summed E-state index contributed by atoms with van der Waals surface area (Å²) in [4.78, 5) is 14.9. The zero-order valence-corrected chi connectivity index (χ0v) is 16.8. The number of fused-ring (bicyclic) bond motifs is 1. The third-order valence-electron chi connectivity index (χ3n) is 5.91. The van der Waals surface area contributed by atoms with Gasteiger partial charge < -0.3 is 14.5 Å². The number of ether oxygens (including phenoxy) is 1. The fourth-order valence-corrected chi connectivity index (χ4v) is 4.58. The second kappa shape index (κ2) is 8.00. The van der Waals surface area contributed by atoms with Crippen LogP contribution in [0, 0.1) is 0 Å². The minimum absolute atomic E-state index is 0.127. The van der Waals surface area contributed by atoms with Crippen LogP contribution >= 0.6 is 0 Å². The Morgan fingerprint density at radius 2 is 2.00 bits per heavy atom. The highest BCUT2D eigenvalue weighted by Crippen LogP contribution is 2.46. The van der Waals surface area contributed by atoms with Crippen molar-refractivity contribution in [1.29, 1.82) is 0 Å². The van der Waals surface area contributed by atoms with E-state index in [4.69, 9.17) is 9.15 Å². The molecule has 0 bridgehead atoms. The number of carbonyl (C=O) groups excluding carboxylic acids is 1. The highest BCUT2D eigenvalue weighted by atomic mass is 16.5. The third-order valence-corrected chi connectivity index (χ3v) is 5.91. The Labute approximate surface area is 167 Å². The predicted molar refractivity (Wildman–Crippen MR) is 108 cm³/mol. The first kappa shape index (κ1) is 19.1. The number of hydrogen-bond donors (Lipinski definition) is 1. The second-order valence-electron chi connectivity index (χ2n) is 8.51. The molecule has 0 unspecified atom stereocenters. The summed E-state index contributed by atoms with van der Waals surface area (Å²) >= 11 is 0. The maximum absolute atomic E-state index is 12.5. The van der Waals surface area contributed by atoms with E-state index in [0.717, 1.165) is 50.4 Å². The van der Waals surface area contributed by atoms with Gasteiger partial charge in [-0.1, -0.05) is 18.2 Å². The second-order valence-corrected chi connectivity index (χ2v) is 8.51. The Kier molecular flexibility index (Phi) is 5.44. The molecule has 150 valence electrons. The maximum Gasteiger partial charge on any atom is 0.220 e. The first-order valence-corrected chi connectivity index (χ1v) is 10.3. The summed E-state index contributed by atoms with van der Waals surface area (Å²) in [7, 11) is 0. The Balaban J connectivity index is 1.46. The lowest BCUT2D eigenvalue weighted by Crippen LogP contribution is -2.50. The number of amides is 1. The van der Waals surface area contributed by atoms with Crippen molar-refractivity contribution in [3.8, 4) is 5.75 Å². The molecule has 4 rings (SSSR count). The average Bonchev–Trinajstić information content (AvgIpc) is 3.16. The van der Waals surface area contributed by atoms with Gasteiger partial charge in [0, 0.05) is 31.5 Å². The number of furan rings is 1. The van der Waals surface area contributed by atoms with Crippen LogP contribution in [-0.2, 0) is 11.3 Å². The number of hydrogen-bond acceptors (Lipinski definition) is 4. The number of carbonyl (C=O) groups is 1. The van der Waals surface area contributed by atoms with Gasteiger partial charge in [-0.25, -0.2) is 0 Å². The van der Waals surface area contributed by atoms with Gasteiger partial charge in [0.1, 0.15) is 17.1 Å². The Morgan fingerprint density at radius 1 is 1.21 bits per heavy atom. The minimum atomic E-state index is -0.170. The summed E-state index contributed by atoms with van der Waals surface area (Å²) in [6.45, 7) is 6.82. The topological polar surface area (TPSA) is 54.7 Å². The van der Waals surface area contributed by atoms with Gasteiger partial charge in [0.25, 0.3) is 0 Å². The van der Waals surface area contributed by atoms with Crippen molar-refractivity contribution < 1.29 is 13.9 Å². The lowest BCUT2D eigenvalue weighted by Gasteiger charge is -2.46. The summed E-state index contributed by atoms with van der Waals surface area (Å²) in [5.41, 5.74) is 1.00. The normalized spacial score (nSPS) is 21.3. The van der Waals surface area contributed by atoms with Crippen molar-refractivity contribution in [2.24, 2.45) is 0 Å². The summed E-state index contributed by atoms with van der Waals surface area (Å²) in [6.07, 6.45) is 5.12. The lowest BCUT2D eigenvalue weighted by molar-refractivity contribution is -0.122. The van der Waals surface area contributed by atoms with Crippen molar-refractivity contribution in [3.63, 3.8) is 0 Å². The van der Waals surface area contributed by atoms with E-state index in [2.05, 4.69) is 22.3 Å². The van der Waals surface area contributed by atoms with E-state index >= 15 is 0 Å². The van der Waals surface area contributed by atoms with Gasteiger partial charge in [-0.3, -0.25) is 9.69 Å². The SMILES string of the molecule is CC(C)NC(=O)C[C@@H]1CC2(CCN(Cc3ccco3)CC2)Oc2ccccc21. The molecule has 3 heterocycles. The average molecular weight is 383 g/mol. The molecule has 1 saturated heterocycles. The van der Waals surface area contributed by atoms with Crippen LogP contribution in [0.25, 0.3) is 0 Å². The summed E-state index contributed by atoms with van der Waals surface area (Å²) in [5.74, 6) is 2.30. The molecule has 0 aliphatic carbocycles. The first-order chi connectivity index (χ1) is 13.5. The van der Waals surface area contributed by atoms with Gasteiger partial charge in [-0.15, -0.1) is 0 Å². The standard InChI is InChI=1S/C23H30N2O3/c1-17(2)24-22(26)14-18-15-23(28-21-8-4-3-7-20(18)21)9-11-25(12-10-23)16-19-6-5-13-27-19/h3-8,13,17-18H,9-12,14-16H2,1-2H3,(H,24,26)/t18-/m1/s1. The van der Waals surface area contributed by atoms with Gasteiger partial charge in [0.15, 0.2) is 0 Å². The van der Waals surface area contributed by atoms with Crippen molar-refractivity contribution in [2.45, 2.75) is 63.6 Å². The van der Waals surface area contributed by atoms with Crippen LogP contribution in [0.4, 0.5) is 0 Å². The molecule has 1 amide bonds. The number of rotatable bonds is 5. The minimum Gasteiger partial charge on any atom is -0.487 e. The van der Waals surface area contributed by atoms with Crippen LogP contribution in [0.3, 0.4) is 0 Å². The number of piperidine rings is 1. The van der Waals surface area contributed by atoms with Gasteiger partial charge in [0.05, 0.1) is 12.8 Å². The van der Waals surface area contributed by atoms with E-state index in [1.54, 1.807) is 6.26 Å². The molecule has 2 aliphatic heterocycles. The quantitative estimate of drug-likeness (QED) is 0.846. The summed E-state index contributed by atoms with van der Waals surface area (Å²) < 4.78 is 12.0. The van der Waals surface area contributed by atoms with E-state index < -0.39 is 0 Å². The van der Waals surface area contributed by atoms with Crippen LogP contribution in [-0.4, -0.2) is 35.5 Å².